The van der Waals surface area contributed by atoms with E-state index in [1.807, 2.05) is 31.2 Å². The quantitative estimate of drug-likeness (QED) is 0.342. The maximum Gasteiger partial charge on any atom is 0.255 e. The van der Waals surface area contributed by atoms with Gasteiger partial charge in [-0.3, -0.25) is 9.78 Å². The lowest BCUT2D eigenvalue weighted by molar-refractivity contribution is -0.113. The second kappa shape index (κ2) is 10.2. The summed E-state index contributed by atoms with van der Waals surface area (Å²) in [6, 6.07) is 17.0. The minimum atomic E-state index is -0.607. The molecule has 36 heavy (non-hydrogen) atoms. The van der Waals surface area contributed by atoms with Gasteiger partial charge in [0.15, 0.2) is 0 Å². The molecule has 4 aromatic rings. The molecule has 8 nitrogen and oxygen atoms in total. The first-order valence-corrected chi connectivity index (χ1v) is 12.2. The predicted octanol–water partition coefficient (Wildman–Crippen LogP) is 5.04. The molecule has 5 rings (SSSR count). The maximum atomic E-state index is 14.1. The molecular formula is C26H23FN6O2S. The van der Waals surface area contributed by atoms with E-state index in [-0.39, 0.29) is 11.7 Å². The number of fused-ring (bicyclic) bond motifs is 1. The Labute approximate surface area is 211 Å². The van der Waals surface area contributed by atoms with Gasteiger partial charge in [-0.25, -0.2) is 9.07 Å². The van der Waals surface area contributed by atoms with E-state index < -0.39 is 6.04 Å². The summed E-state index contributed by atoms with van der Waals surface area (Å²) in [5, 5.41) is 11.3. The molecular weight excluding hydrogens is 479 g/mol. The van der Waals surface area contributed by atoms with Crippen LogP contribution in [0.1, 0.15) is 24.1 Å². The molecule has 0 spiro atoms. The first-order chi connectivity index (χ1) is 17.5. The molecule has 1 aliphatic heterocycles. The van der Waals surface area contributed by atoms with Crippen LogP contribution in [0.25, 0.3) is 0 Å². The SMILES string of the molecule is COc1ccccc1C1C(C(=O)Nc2cccnc2)=C(C)Nc2nc(SCc3ccccc3F)nn21. The van der Waals surface area contributed by atoms with E-state index in [0.717, 1.165) is 5.56 Å². The number of thioether (sulfide) groups is 1. The number of aromatic nitrogens is 4. The number of benzene rings is 2. The summed E-state index contributed by atoms with van der Waals surface area (Å²) in [7, 11) is 1.59. The fraction of sp³-hybridized carbons (Fsp3) is 0.154. The number of nitrogens with one attached hydrogen (secondary N) is 2. The third kappa shape index (κ3) is 4.67. The fourth-order valence-electron chi connectivity index (χ4n) is 4.06. The summed E-state index contributed by atoms with van der Waals surface area (Å²) in [5.41, 5.74) is 3.00. The molecule has 0 radical (unpaired) electrons. The Bertz CT molecular complexity index is 1440. The average Bonchev–Trinajstić information content (AvgIpc) is 3.30. The van der Waals surface area contributed by atoms with Crippen molar-refractivity contribution >= 4 is 29.3 Å². The number of rotatable bonds is 7. The molecule has 2 N–H and O–H groups in total. The van der Waals surface area contributed by atoms with Crippen LogP contribution in [0.5, 0.6) is 5.75 Å². The van der Waals surface area contributed by atoms with Gasteiger partial charge in [0.1, 0.15) is 17.6 Å². The van der Waals surface area contributed by atoms with E-state index in [2.05, 4.69) is 20.6 Å². The predicted molar refractivity (Wildman–Crippen MR) is 136 cm³/mol. The Hall–Kier alpha value is -4.18. The van der Waals surface area contributed by atoms with E-state index in [0.29, 0.717) is 45.1 Å². The largest absolute Gasteiger partial charge is 0.496 e. The number of pyridine rings is 1. The zero-order valence-electron chi connectivity index (χ0n) is 19.6. The highest BCUT2D eigenvalue weighted by Crippen LogP contribution is 2.40. The van der Waals surface area contributed by atoms with E-state index >= 15 is 0 Å². The summed E-state index contributed by atoms with van der Waals surface area (Å²) < 4.78 is 21.4. The van der Waals surface area contributed by atoms with Gasteiger partial charge in [-0.15, -0.1) is 5.10 Å². The van der Waals surface area contributed by atoms with Gasteiger partial charge in [-0.1, -0.05) is 48.2 Å². The smallest absolute Gasteiger partial charge is 0.255 e. The van der Waals surface area contributed by atoms with Crippen molar-refractivity contribution in [1.29, 1.82) is 0 Å². The van der Waals surface area contributed by atoms with Crippen molar-refractivity contribution in [3.8, 4) is 5.75 Å². The van der Waals surface area contributed by atoms with Crippen LogP contribution in [0.3, 0.4) is 0 Å². The first-order valence-electron chi connectivity index (χ1n) is 11.2. The van der Waals surface area contributed by atoms with Gasteiger partial charge in [0, 0.05) is 23.2 Å². The monoisotopic (exact) mass is 502 g/mol. The third-order valence-corrected chi connectivity index (χ3v) is 6.63. The van der Waals surface area contributed by atoms with Crippen molar-refractivity contribution in [3.63, 3.8) is 0 Å². The minimum absolute atomic E-state index is 0.272. The van der Waals surface area contributed by atoms with Crippen LogP contribution in [0.4, 0.5) is 16.0 Å². The van der Waals surface area contributed by atoms with E-state index in [9.17, 15) is 9.18 Å². The molecule has 10 heteroatoms. The average molecular weight is 503 g/mol. The lowest BCUT2D eigenvalue weighted by Gasteiger charge is -2.29. The van der Waals surface area contributed by atoms with Crippen LogP contribution >= 0.6 is 11.8 Å². The molecule has 0 aliphatic carbocycles. The number of amides is 1. The van der Waals surface area contributed by atoms with E-state index in [1.165, 1.54) is 17.8 Å². The van der Waals surface area contributed by atoms with Crippen molar-refractivity contribution < 1.29 is 13.9 Å². The van der Waals surface area contributed by atoms with Gasteiger partial charge in [-0.05, 0) is 36.8 Å². The van der Waals surface area contributed by atoms with Crippen LogP contribution in [-0.2, 0) is 10.5 Å². The number of methoxy groups -OCH3 is 1. The molecule has 2 aromatic carbocycles. The number of nitrogens with zero attached hydrogens (tertiary/aromatic N) is 4. The molecule has 0 saturated carbocycles. The standard InChI is InChI=1S/C26H23FN6O2S/c1-16-22(24(34)30-18-9-7-13-28-14-18)23(19-10-4-6-12-21(19)35-2)33-25(29-16)31-26(32-33)36-15-17-8-3-5-11-20(17)27/h3-14,23H,15H2,1-2H3,(H,30,34)(H,29,31,32). The van der Waals surface area contributed by atoms with Crippen LogP contribution in [0.2, 0.25) is 0 Å². The van der Waals surface area contributed by atoms with E-state index in [1.54, 1.807) is 54.5 Å². The number of carbonyl (C=O) groups is 1. The Kier molecular flexibility index (Phi) is 6.68. The fourth-order valence-corrected chi connectivity index (χ4v) is 4.87. The zero-order valence-corrected chi connectivity index (χ0v) is 20.4. The lowest BCUT2D eigenvalue weighted by atomic mass is 9.94. The normalized spacial score (nSPS) is 14.7. The summed E-state index contributed by atoms with van der Waals surface area (Å²) in [4.78, 5) is 22.2. The number of halogens is 1. The van der Waals surface area contributed by atoms with Crippen molar-refractivity contribution in [2.45, 2.75) is 23.9 Å². The molecule has 1 unspecified atom stereocenters. The van der Waals surface area contributed by atoms with Crippen molar-refractivity contribution in [1.82, 2.24) is 19.7 Å². The zero-order chi connectivity index (χ0) is 25.1. The Morgan fingerprint density at radius 1 is 1.17 bits per heavy atom. The van der Waals surface area contributed by atoms with Gasteiger partial charge < -0.3 is 15.4 Å². The summed E-state index contributed by atoms with van der Waals surface area (Å²) in [6.45, 7) is 1.82. The highest BCUT2D eigenvalue weighted by Gasteiger charge is 2.36. The highest BCUT2D eigenvalue weighted by molar-refractivity contribution is 7.98. The topological polar surface area (TPSA) is 94.0 Å². The van der Waals surface area contributed by atoms with E-state index in [4.69, 9.17) is 9.84 Å². The minimum Gasteiger partial charge on any atom is -0.496 e. The number of allylic oxidation sites excluding steroid dienone is 1. The van der Waals surface area contributed by atoms with Gasteiger partial charge in [0.25, 0.3) is 5.91 Å². The number of carbonyl (C=O) groups excluding carboxylic acids is 1. The van der Waals surface area contributed by atoms with Crippen LogP contribution in [0.15, 0.2) is 89.5 Å². The third-order valence-electron chi connectivity index (χ3n) is 5.75. The van der Waals surface area contributed by atoms with Crippen LogP contribution < -0.4 is 15.4 Å². The van der Waals surface area contributed by atoms with Crippen molar-refractivity contribution in [2.24, 2.45) is 0 Å². The van der Waals surface area contributed by atoms with Crippen LogP contribution in [0, 0.1) is 5.82 Å². The van der Waals surface area contributed by atoms with Gasteiger partial charge in [0.2, 0.25) is 11.1 Å². The molecule has 0 saturated heterocycles. The maximum absolute atomic E-state index is 14.1. The molecule has 3 heterocycles. The molecule has 2 aromatic heterocycles. The summed E-state index contributed by atoms with van der Waals surface area (Å²) in [5.74, 6) is 0.899. The molecule has 182 valence electrons. The van der Waals surface area contributed by atoms with Gasteiger partial charge in [-0.2, -0.15) is 4.98 Å². The second-order valence-corrected chi connectivity index (χ2v) is 8.99. The molecule has 1 atom stereocenters. The number of ether oxygens (including phenoxy) is 1. The Balaban J connectivity index is 1.53. The van der Waals surface area contributed by atoms with Crippen molar-refractivity contribution in [3.05, 3.63) is 101 Å². The number of para-hydroxylation sites is 1. The second-order valence-electron chi connectivity index (χ2n) is 8.05. The van der Waals surface area contributed by atoms with Crippen molar-refractivity contribution in [2.75, 3.05) is 17.7 Å². The van der Waals surface area contributed by atoms with Crippen LogP contribution in [-0.4, -0.2) is 32.8 Å². The first kappa shape index (κ1) is 23.6. The molecule has 0 bridgehead atoms. The lowest BCUT2D eigenvalue weighted by Crippen LogP contribution is -2.31. The van der Waals surface area contributed by atoms with Gasteiger partial charge >= 0.3 is 0 Å². The summed E-state index contributed by atoms with van der Waals surface area (Å²) in [6.07, 6.45) is 3.22. The van der Waals surface area contributed by atoms with Gasteiger partial charge in [0.05, 0.1) is 24.6 Å². The Morgan fingerprint density at radius 2 is 1.97 bits per heavy atom. The number of hydrogen-bond donors (Lipinski definition) is 2. The Morgan fingerprint density at radius 3 is 2.75 bits per heavy atom. The number of anilines is 2. The highest BCUT2D eigenvalue weighted by atomic mass is 32.2. The molecule has 1 aliphatic rings. The molecule has 1 amide bonds. The molecule has 0 fully saturated rings. The summed E-state index contributed by atoms with van der Waals surface area (Å²) >= 11 is 1.32. The number of hydrogen-bond acceptors (Lipinski definition) is 7.